The van der Waals surface area contributed by atoms with Crippen molar-refractivity contribution in [3.63, 3.8) is 0 Å². The fourth-order valence-electron chi connectivity index (χ4n) is 2.46. The fraction of sp³-hybridized carbons (Fsp3) is 0.188. The average molecular weight is 366 g/mol. The Morgan fingerprint density at radius 1 is 1.36 bits per heavy atom. The number of benzene rings is 1. The fourth-order valence-corrected chi connectivity index (χ4v) is 3.31. The maximum atomic E-state index is 13.4. The van der Waals surface area contributed by atoms with Gasteiger partial charge in [0, 0.05) is 23.5 Å². The first-order chi connectivity index (χ1) is 11.8. The number of halogens is 3. The van der Waals surface area contributed by atoms with Crippen molar-refractivity contribution in [2.24, 2.45) is 0 Å². The third-order valence-electron chi connectivity index (χ3n) is 3.58. The Morgan fingerprint density at radius 2 is 2.12 bits per heavy atom. The number of fused-ring (bicyclic) bond motifs is 1. The van der Waals surface area contributed by atoms with Gasteiger partial charge in [0.25, 0.3) is 5.91 Å². The maximum absolute atomic E-state index is 13.4. The molecule has 130 valence electrons. The van der Waals surface area contributed by atoms with E-state index in [1.807, 2.05) is 5.32 Å². The minimum atomic E-state index is -4.65. The van der Waals surface area contributed by atoms with E-state index >= 15 is 0 Å². The molecule has 0 saturated carbocycles. The van der Waals surface area contributed by atoms with Crippen molar-refractivity contribution in [2.45, 2.75) is 19.1 Å². The molecule has 0 aliphatic rings. The lowest BCUT2D eigenvalue weighted by Crippen LogP contribution is -2.38. The van der Waals surface area contributed by atoms with Gasteiger partial charge >= 0.3 is 6.18 Å². The van der Waals surface area contributed by atoms with Crippen molar-refractivity contribution in [3.8, 4) is 0 Å². The number of rotatable bonds is 3. The van der Waals surface area contributed by atoms with Crippen molar-refractivity contribution >= 4 is 32.6 Å². The van der Waals surface area contributed by atoms with Gasteiger partial charge in [0.05, 0.1) is 10.2 Å². The van der Waals surface area contributed by atoms with Gasteiger partial charge in [-0.25, -0.2) is 4.98 Å². The van der Waals surface area contributed by atoms with Gasteiger partial charge in [0.15, 0.2) is 11.2 Å². The van der Waals surface area contributed by atoms with Crippen LogP contribution in [0.15, 0.2) is 36.7 Å². The molecule has 5 nitrogen and oxygen atoms in total. The van der Waals surface area contributed by atoms with Gasteiger partial charge < -0.3 is 11.1 Å². The van der Waals surface area contributed by atoms with E-state index in [1.54, 1.807) is 6.92 Å². The maximum Gasteiger partial charge on any atom is 0.412 e. The van der Waals surface area contributed by atoms with Crippen molar-refractivity contribution < 1.29 is 18.0 Å². The van der Waals surface area contributed by atoms with Crippen LogP contribution in [0.25, 0.3) is 10.2 Å². The summed E-state index contributed by atoms with van der Waals surface area (Å²) in [5.74, 6) is -0.830. The Labute approximate surface area is 144 Å². The van der Waals surface area contributed by atoms with E-state index in [2.05, 4.69) is 9.97 Å². The van der Waals surface area contributed by atoms with Crippen LogP contribution in [0.5, 0.6) is 0 Å². The van der Waals surface area contributed by atoms with Crippen molar-refractivity contribution in [3.05, 3.63) is 53.3 Å². The second-order valence-electron chi connectivity index (χ2n) is 5.43. The summed E-state index contributed by atoms with van der Waals surface area (Å²) in [4.78, 5) is 20.2. The molecule has 0 aliphatic carbocycles. The summed E-state index contributed by atoms with van der Waals surface area (Å²) in [5.41, 5.74) is 6.94. The predicted octanol–water partition coefficient (Wildman–Crippen LogP) is 3.62. The zero-order chi connectivity index (χ0) is 18.2. The number of hydrogen-bond acceptors (Lipinski definition) is 5. The van der Waals surface area contributed by atoms with Crippen LogP contribution in [-0.2, 0) is 0 Å². The van der Waals surface area contributed by atoms with Crippen LogP contribution < -0.4 is 11.1 Å². The molecule has 2 aromatic heterocycles. The molecule has 0 spiro atoms. The minimum absolute atomic E-state index is 0.117. The molecule has 0 radical (unpaired) electrons. The molecule has 1 aromatic carbocycles. The molecule has 3 rings (SSSR count). The Bertz CT molecular complexity index is 924. The third-order valence-corrected chi connectivity index (χ3v) is 4.42. The van der Waals surface area contributed by atoms with Crippen LogP contribution in [0.4, 0.5) is 18.3 Å². The first-order valence-electron chi connectivity index (χ1n) is 7.20. The highest BCUT2D eigenvalue weighted by Gasteiger charge is 2.42. The number of amides is 1. The van der Waals surface area contributed by atoms with Gasteiger partial charge in [0.2, 0.25) is 0 Å². The number of thiazole rings is 1. The smallest absolute Gasteiger partial charge is 0.375 e. The van der Waals surface area contributed by atoms with E-state index in [4.69, 9.17) is 5.73 Å². The standard InChI is InChI=1S/C16H13F3N4OS/c1-8-5-10(6-11-12(8)22-15(20)25-11)14(24)23-13(16(17,18)19)9-3-2-4-21-7-9/h2-7,13H,1H3,(H2,20,22)(H,23,24)/t13-/m0/s1. The number of alkyl halides is 3. The van der Waals surface area contributed by atoms with Crippen molar-refractivity contribution in [1.29, 1.82) is 0 Å². The quantitative estimate of drug-likeness (QED) is 0.742. The number of nitrogens with zero attached hydrogens (tertiary/aromatic N) is 2. The van der Waals surface area contributed by atoms with Crippen LogP contribution in [0.3, 0.4) is 0 Å². The normalized spacial score (nSPS) is 13.0. The van der Waals surface area contributed by atoms with E-state index in [9.17, 15) is 18.0 Å². The lowest BCUT2D eigenvalue weighted by atomic mass is 10.1. The first kappa shape index (κ1) is 17.2. The number of nitrogens with one attached hydrogen (secondary N) is 1. The van der Waals surface area contributed by atoms with Crippen LogP contribution in [0.2, 0.25) is 0 Å². The van der Waals surface area contributed by atoms with Gasteiger partial charge in [-0.15, -0.1) is 0 Å². The largest absolute Gasteiger partial charge is 0.412 e. The number of aryl methyl sites for hydroxylation is 1. The second kappa shape index (κ2) is 6.32. The Hall–Kier alpha value is -2.68. The van der Waals surface area contributed by atoms with Gasteiger partial charge in [-0.1, -0.05) is 17.4 Å². The molecule has 3 aromatic rings. The highest BCUT2D eigenvalue weighted by molar-refractivity contribution is 7.22. The minimum Gasteiger partial charge on any atom is -0.375 e. The number of carbonyl (C=O) groups excluding carboxylic acids is 1. The van der Waals surface area contributed by atoms with Gasteiger partial charge in [-0.3, -0.25) is 9.78 Å². The van der Waals surface area contributed by atoms with E-state index in [1.165, 1.54) is 41.8 Å². The molecule has 1 atom stereocenters. The van der Waals surface area contributed by atoms with Crippen molar-refractivity contribution in [1.82, 2.24) is 15.3 Å². The monoisotopic (exact) mass is 366 g/mol. The lowest BCUT2D eigenvalue weighted by Gasteiger charge is -2.21. The summed E-state index contributed by atoms with van der Waals surface area (Å²) in [6.45, 7) is 1.72. The summed E-state index contributed by atoms with van der Waals surface area (Å²) in [6, 6.07) is 3.49. The SMILES string of the molecule is Cc1cc(C(=O)N[C@@H](c2cccnc2)C(F)(F)F)cc2sc(N)nc12. The number of carbonyl (C=O) groups is 1. The number of nitrogen functional groups attached to an aromatic ring is 1. The molecule has 3 N–H and O–H groups in total. The number of aromatic nitrogens is 2. The molecule has 0 fully saturated rings. The molecule has 25 heavy (non-hydrogen) atoms. The van der Waals surface area contributed by atoms with Gasteiger partial charge in [-0.2, -0.15) is 13.2 Å². The first-order valence-corrected chi connectivity index (χ1v) is 8.01. The summed E-state index contributed by atoms with van der Waals surface area (Å²) in [6.07, 6.45) is -2.20. The third kappa shape index (κ3) is 3.55. The number of nitrogens with two attached hydrogens (primary N) is 1. The molecular formula is C16H13F3N4OS. The molecule has 9 heteroatoms. The lowest BCUT2D eigenvalue weighted by molar-refractivity contribution is -0.155. The molecule has 1 amide bonds. The average Bonchev–Trinajstić information content (AvgIpc) is 2.93. The van der Waals surface area contributed by atoms with E-state index in [0.29, 0.717) is 20.9 Å². The summed E-state index contributed by atoms with van der Waals surface area (Å²) in [5, 5.41) is 2.37. The molecule has 0 saturated heterocycles. The number of hydrogen-bond donors (Lipinski definition) is 2. The van der Waals surface area contributed by atoms with E-state index in [-0.39, 0.29) is 11.1 Å². The van der Waals surface area contributed by atoms with Crippen LogP contribution in [0.1, 0.15) is 27.5 Å². The van der Waals surface area contributed by atoms with Crippen molar-refractivity contribution in [2.75, 3.05) is 5.73 Å². The molecule has 0 bridgehead atoms. The zero-order valence-electron chi connectivity index (χ0n) is 13.0. The van der Waals surface area contributed by atoms with E-state index in [0.717, 1.165) is 6.20 Å². The second-order valence-corrected chi connectivity index (χ2v) is 6.49. The number of anilines is 1. The summed E-state index contributed by atoms with van der Waals surface area (Å²) >= 11 is 1.17. The van der Waals surface area contributed by atoms with Crippen LogP contribution >= 0.6 is 11.3 Å². The van der Waals surface area contributed by atoms with Gasteiger partial charge in [0.1, 0.15) is 0 Å². The van der Waals surface area contributed by atoms with Crippen LogP contribution in [-0.4, -0.2) is 22.1 Å². The highest BCUT2D eigenvalue weighted by atomic mass is 32.1. The highest BCUT2D eigenvalue weighted by Crippen LogP contribution is 2.33. The Kier molecular flexibility index (Phi) is 4.34. The molecule has 0 unspecified atom stereocenters. The summed E-state index contributed by atoms with van der Waals surface area (Å²) in [7, 11) is 0. The number of pyridine rings is 1. The van der Waals surface area contributed by atoms with Crippen LogP contribution in [0, 0.1) is 6.92 Å². The molecular weight excluding hydrogens is 353 g/mol. The summed E-state index contributed by atoms with van der Waals surface area (Å²) < 4.78 is 40.7. The predicted molar refractivity (Wildman–Crippen MR) is 89.3 cm³/mol. The molecule has 0 aliphatic heterocycles. The zero-order valence-corrected chi connectivity index (χ0v) is 13.8. The topological polar surface area (TPSA) is 80.9 Å². The Morgan fingerprint density at radius 3 is 2.76 bits per heavy atom. The Balaban J connectivity index is 1.94. The van der Waals surface area contributed by atoms with E-state index < -0.39 is 18.1 Å². The molecule has 2 heterocycles. The van der Waals surface area contributed by atoms with Gasteiger partial charge in [-0.05, 0) is 30.7 Å².